The molecule has 23 heavy (non-hydrogen) atoms. The van der Waals surface area contributed by atoms with E-state index in [1.807, 2.05) is 5.38 Å². The molecule has 0 atom stereocenters. The SMILES string of the molecule is Cc1cc(NC(=O)C=CC(=O)O)ccc1NC(=O)c1cccs1. The molecule has 1 heterocycles. The Labute approximate surface area is 136 Å². The number of rotatable bonds is 5. The summed E-state index contributed by atoms with van der Waals surface area (Å²) < 4.78 is 0. The maximum Gasteiger partial charge on any atom is 0.328 e. The van der Waals surface area contributed by atoms with Gasteiger partial charge in [0, 0.05) is 23.5 Å². The Morgan fingerprint density at radius 3 is 2.52 bits per heavy atom. The number of nitrogens with one attached hydrogen (secondary N) is 2. The summed E-state index contributed by atoms with van der Waals surface area (Å²) in [4.78, 5) is 34.5. The van der Waals surface area contributed by atoms with Crippen molar-refractivity contribution in [1.82, 2.24) is 0 Å². The number of benzene rings is 1. The Morgan fingerprint density at radius 2 is 1.91 bits per heavy atom. The molecule has 0 radical (unpaired) electrons. The summed E-state index contributed by atoms with van der Waals surface area (Å²) in [6.45, 7) is 1.80. The van der Waals surface area contributed by atoms with Crippen molar-refractivity contribution in [3.63, 3.8) is 0 Å². The lowest BCUT2D eigenvalue weighted by Crippen LogP contribution is -2.12. The van der Waals surface area contributed by atoms with Gasteiger partial charge in [-0.3, -0.25) is 9.59 Å². The summed E-state index contributed by atoms with van der Waals surface area (Å²) in [5.41, 5.74) is 1.93. The summed E-state index contributed by atoms with van der Waals surface area (Å²) in [5, 5.41) is 15.6. The van der Waals surface area contributed by atoms with Crippen LogP contribution in [-0.2, 0) is 9.59 Å². The highest BCUT2D eigenvalue weighted by atomic mass is 32.1. The van der Waals surface area contributed by atoms with Gasteiger partial charge < -0.3 is 15.7 Å². The molecule has 1 aromatic heterocycles. The van der Waals surface area contributed by atoms with Crippen molar-refractivity contribution in [3.8, 4) is 0 Å². The molecule has 118 valence electrons. The molecule has 6 nitrogen and oxygen atoms in total. The fourth-order valence-corrected chi connectivity index (χ4v) is 2.42. The second kappa shape index (κ2) is 7.37. The quantitative estimate of drug-likeness (QED) is 0.735. The monoisotopic (exact) mass is 330 g/mol. The van der Waals surface area contributed by atoms with Crippen molar-refractivity contribution >= 4 is 40.5 Å². The lowest BCUT2D eigenvalue weighted by molar-refractivity contribution is -0.131. The Balaban J connectivity index is 2.04. The molecule has 2 aromatic rings. The summed E-state index contributed by atoms with van der Waals surface area (Å²) in [5.74, 6) is -1.92. The van der Waals surface area contributed by atoms with Gasteiger partial charge in [0.15, 0.2) is 0 Å². The van der Waals surface area contributed by atoms with Gasteiger partial charge in [0.05, 0.1) is 4.88 Å². The Morgan fingerprint density at radius 1 is 1.13 bits per heavy atom. The van der Waals surface area contributed by atoms with Gasteiger partial charge in [0.25, 0.3) is 5.91 Å². The first-order valence-electron chi connectivity index (χ1n) is 6.63. The highest BCUT2D eigenvalue weighted by Crippen LogP contribution is 2.21. The maximum absolute atomic E-state index is 12.0. The van der Waals surface area contributed by atoms with E-state index in [-0.39, 0.29) is 5.91 Å². The highest BCUT2D eigenvalue weighted by molar-refractivity contribution is 7.12. The van der Waals surface area contributed by atoms with Crippen LogP contribution in [0.25, 0.3) is 0 Å². The van der Waals surface area contributed by atoms with Crippen molar-refractivity contribution in [2.45, 2.75) is 6.92 Å². The number of aliphatic carboxylic acids is 1. The predicted molar refractivity (Wildman–Crippen MR) is 88.9 cm³/mol. The lowest BCUT2D eigenvalue weighted by Gasteiger charge is -2.10. The van der Waals surface area contributed by atoms with Gasteiger partial charge in [-0.05, 0) is 42.1 Å². The van der Waals surface area contributed by atoms with Crippen LogP contribution in [-0.4, -0.2) is 22.9 Å². The summed E-state index contributed by atoms with van der Waals surface area (Å²) in [6.07, 6.45) is 1.70. The molecule has 7 heteroatoms. The van der Waals surface area contributed by atoms with E-state index in [2.05, 4.69) is 10.6 Å². The fraction of sp³-hybridized carbons (Fsp3) is 0.0625. The van der Waals surface area contributed by atoms with Gasteiger partial charge in [-0.15, -0.1) is 11.3 Å². The predicted octanol–water partition coefficient (Wildman–Crippen LogP) is 2.89. The van der Waals surface area contributed by atoms with E-state index in [9.17, 15) is 14.4 Å². The molecule has 0 aliphatic carbocycles. The number of hydrogen-bond acceptors (Lipinski definition) is 4. The molecule has 0 saturated carbocycles. The van der Waals surface area contributed by atoms with Crippen LogP contribution in [0.3, 0.4) is 0 Å². The molecule has 0 unspecified atom stereocenters. The number of carboxylic acids is 1. The molecule has 0 aliphatic rings. The number of anilines is 2. The number of amides is 2. The summed E-state index contributed by atoms with van der Waals surface area (Å²) in [7, 11) is 0. The molecule has 0 saturated heterocycles. The van der Waals surface area contributed by atoms with E-state index in [1.54, 1.807) is 37.3 Å². The molecule has 2 amide bonds. The third-order valence-corrected chi connectivity index (χ3v) is 3.73. The first kappa shape index (κ1) is 16.4. The largest absolute Gasteiger partial charge is 0.478 e. The minimum atomic E-state index is -1.19. The minimum absolute atomic E-state index is 0.190. The average molecular weight is 330 g/mol. The van der Waals surface area contributed by atoms with Gasteiger partial charge in [-0.25, -0.2) is 4.79 Å². The number of carbonyl (C=O) groups is 3. The smallest absolute Gasteiger partial charge is 0.328 e. The zero-order chi connectivity index (χ0) is 16.8. The molecule has 0 bridgehead atoms. The molecular formula is C16H14N2O4S. The third-order valence-electron chi connectivity index (χ3n) is 2.86. The summed E-state index contributed by atoms with van der Waals surface area (Å²) >= 11 is 1.35. The number of aryl methyl sites for hydroxylation is 1. The van der Waals surface area contributed by atoms with Gasteiger partial charge >= 0.3 is 5.97 Å². The zero-order valence-electron chi connectivity index (χ0n) is 12.2. The minimum Gasteiger partial charge on any atom is -0.478 e. The van der Waals surface area contributed by atoms with Crippen molar-refractivity contribution in [3.05, 3.63) is 58.3 Å². The molecule has 0 fully saturated rings. The number of carboxylic acid groups (broad SMARTS) is 1. The zero-order valence-corrected chi connectivity index (χ0v) is 13.0. The number of thiophene rings is 1. The maximum atomic E-state index is 12.0. The lowest BCUT2D eigenvalue weighted by atomic mass is 10.1. The van der Waals surface area contributed by atoms with Gasteiger partial charge in [0.1, 0.15) is 0 Å². The number of hydrogen-bond donors (Lipinski definition) is 3. The van der Waals surface area contributed by atoms with Crippen LogP contribution < -0.4 is 10.6 Å². The number of carbonyl (C=O) groups excluding carboxylic acids is 2. The molecule has 0 spiro atoms. The molecule has 3 N–H and O–H groups in total. The molecular weight excluding hydrogens is 316 g/mol. The van der Waals surface area contributed by atoms with Crippen molar-refractivity contribution in [2.24, 2.45) is 0 Å². The van der Waals surface area contributed by atoms with Crippen LogP contribution >= 0.6 is 11.3 Å². The molecule has 2 rings (SSSR count). The molecule has 0 aliphatic heterocycles. The first-order valence-corrected chi connectivity index (χ1v) is 7.51. The van der Waals surface area contributed by atoms with Crippen LogP contribution in [0.4, 0.5) is 11.4 Å². The van der Waals surface area contributed by atoms with E-state index in [1.165, 1.54) is 11.3 Å². The highest BCUT2D eigenvalue weighted by Gasteiger charge is 2.09. The molecule has 1 aromatic carbocycles. The second-order valence-electron chi connectivity index (χ2n) is 4.62. The van der Waals surface area contributed by atoms with Crippen LogP contribution in [0.1, 0.15) is 15.2 Å². The van der Waals surface area contributed by atoms with E-state index in [0.717, 1.165) is 17.7 Å². The Bertz CT molecular complexity index is 766. The van der Waals surface area contributed by atoms with E-state index >= 15 is 0 Å². The van der Waals surface area contributed by atoms with E-state index in [4.69, 9.17) is 5.11 Å². The van der Waals surface area contributed by atoms with E-state index in [0.29, 0.717) is 16.3 Å². The van der Waals surface area contributed by atoms with Crippen molar-refractivity contribution < 1.29 is 19.5 Å². The Hall–Kier alpha value is -2.93. The van der Waals surface area contributed by atoms with Crippen LogP contribution in [0.2, 0.25) is 0 Å². The topological polar surface area (TPSA) is 95.5 Å². The van der Waals surface area contributed by atoms with Gasteiger partial charge in [-0.1, -0.05) is 6.07 Å². The van der Waals surface area contributed by atoms with Gasteiger partial charge in [0.2, 0.25) is 5.91 Å². The van der Waals surface area contributed by atoms with Crippen LogP contribution in [0.15, 0.2) is 47.9 Å². The standard InChI is InChI=1S/C16H14N2O4S/c1-10-9-11(17-14(19)6-7-15(20)21)4-5-12(10)18-16(22)13-3-2-8-23-13/h2-9H,1H3,(H,17,19)(H,18,22)(H,20,21). The third kappa shape index (κ3) is 4.79. The second-order valence-corrected chi connectivity index (χ2v) is 5.57. The van der Waals surface area contributed by atoms with Crippen LogP contribution in [0, 0.1) is 6.92 Å². The van der Waals surface area contributed by atoms with Crippen molar-refractivity contribution in [1.29, 1.82) is 0 Å². The van der Waals surface area contributed by atoms with Gasteiger partial charge in [-0.2, -0.15) is 0 Å². The van der Waals surface area contributed by atoms with Crippen LogP contribution in [0.5, 0.6) is 0 Å². The summed E-state index contributed by atoms with van der Waals surface area (Å²) in [6, 6.07) is 8.53. The fourth-order valence-electron chi connectivity index (χ4n) is 1.80. The average Bonchev–Trinajstić information content (AvgIpc) is 3.02. The van der Waals surface area contributed by atoms with Crippen molar-refractivity contribution in [2.75, 3.05) is 10.6 Å². The normalized spacial score (nSPS) is 10.5. The Kier molecular flexibility index (Phi) is 5.27. The van der Waals surface area contributed by atoms with E-state index < -0.39 is 11.9 Å². The first-order chi connectivity index (χ1) is 11.0.